The summed E-state index contributed by atoms with van der Waals surface area (Å²) in [5.41, 5.74) is 0.843. The molecular formula is C28H39NO3. The zero-order valence-corrected chi connectivity index (χ0v) is 19.7. The largest absolute Gasteiger partial charge is 0.323 e. The van der Waals surface area contributed by atoms with E-state index < -0.39 is 0 Å². The molecule has 32 heavy (non-hydrogen) atoms. The van der Waals surface area contributed by atoms with Crippen molar-refractivity contribution in [3.8, 4) is 0 Å². The van der Waals surface area contributed by atoms with Crippen molar-refractivity contribution in [2.24, 2.45) is 0 Å². The highest BCUT2D eigenvalue weighted by molar-refractivity contribution is 6.25. The summed E-state index contributed by atoms with van der Waals surface area (Å²) in [4.78, 5) is 36.8. The van der Waals surface area contributed by atoms with Crippen LogP contribution in [0.1, 0.15) is 118 Å². The third-order valence-electron chi connectivity index (χ3n) is 5.90. The Bertz CT molecular complexity index is 807. The van der Waals surface area contributed by atoms with E-state index in [2.05, 4.69) is 24.4 Å². The van der Waals surface area contributed by atoms with Gasteiger partial charge in [-0.25, -0.2) is 0 Å². The summed E-state index contributed by atoms with van der Waals surface area (Å²) in [6.45, 7) is 2.25. The van der Waals surface area contributed by atoms with Gasteiger partial charge >= 0.3 is 0 Å². The maximum absolute atomic E-state index is 12.5. The third kappa shape index (κ3) is 9.33. The smallest absolute Gasteiger partial charge is 0.224 e. The fourth-order valence-corrected chi connectivity index (χ4v) is 3.98. The molecule has 0 saturated carbocycles. The molecule has 0 aromatic heterocycles. The first-order valence-electron chi connectivity index (χ1n) is 12.5. The van der Waals surface area contributed by atoms with E-state index in [4.69, 9.17) is 0 Å². The van der Waals surface area contributed by atoms with Crippen molar-refractivity contribution in [3.63, 3.8) is 0 Å². The van der Waals surface area contributed by atoms with Crippen molar-refractivity contribution in [1.82, 2.24) is 5.32 Å². The second-order valence-corrected chi connectivity index (χ2v) is 8.68. The second-order valence-electron chi connectivity index (χ2n) is 8.68. The summed E-state index contributed by atoms with van der Waals surface area (Å²) in [7, 11) is 0. The highest BCUT2D eigenvalue weighted by atomic mass is 16.2. The molecule has 174 valence electrons. The first kappa shape index (κ1) is 25.8. The van der Waals surface area contributed by atoms with Crippen LogP contribution >= 0.6 is 0 Å². The number of hydrogen-bond donors (Lipinski definition) is 1. The van der Waals surface area contributed by atoms with Crippen LogP contribution in [0.4, 0.5) is 0 Å². The van der Waals surface area contributed by atoms with Crippen LogP contribution in [0.25, 0.3) is 0 Å². The summed E-state index contributed by atoms with van der Waals surface area (Å²) in [6.07, 6.45) is 22.0. The molecular weight excluding hydrogens is 398 g/mol. The molecule has 2 rings (SSSR count). The summed E-state index contributed by atoms with van der Waals surface area (Å²) in [6, 6.07) is 6.71. The first-order valence-corrected chi connectivity index (χ1v) is 12.5. The molecule has 1 aromatic carbocycles. The molecule has 1 amide bonds. The van der Waals surface area contributed by atoms with E-state index in [-0.39, 0.29) is 23.2 Å². The van der Waals surface area contributed by atoms with Gasteiger partial charge in [0.05, 0.1) is 5.70 Å². The number of unbranched alkanes of at least 4 members (excludes halogenated alkanes) is 11. The average molecular weight is 438 g/mol. The van der Waals surface area contributed by atoms with Gasteiger partial charge in [-0.2, -0.15) is 0 Å². The number of carbonyl (C=O) groups excluding carboxylic acids is 3. The Morgan fingerprint density at radius 3 is 2.00 bits per heavy atom. The number of rotatable bonds is 16. The first-order chi connectivity index (χ1) is 15.6. The SMILES string of the molecule is CCCCCCCC/C=C\CCCCCCCC(=O)NC1=CC(=O)c2ccccc2C1=O. The zero-order chi connectivity index (χ0) is 23.0. The Hall–Kier alpha value is -2.49. The Morgan fingerprint density at radius 1 is 0.781 bits per heavy atom. The molecule has 0 saturated heterocycles. The van der Waals surface area contributed by atoms with Gasteiger partial charge < -0.3 is 5.32 Å². The summed E-state index contributed by atoms with van der Waals surface area (Å²) in [5.74, 6) is -0.732. The van der Waals surface area contributed by atoms with Crippen LogP contribution in [0.2, 0.25) is 0 Å². The maximum atomic E-state index is 12.5. The molecule has 4 nitrogen and oxygen atoms in total. The van der Waals surface area contributed by atoms with E-state index in [0.29, 0.717) is 17.5 Å². The lowest BCUT2D eigenvalue weighted by molar-refractivity contribution is -0.120. The quantitative estimate of drug-likeness (QED) is 0.221. The number of nitrogens with one attached hydrogen (secondary N) is 1. The van der Waals surface area contributed by atoms with Crippen LogP contribution in [-0.2, 0) is 4.79 Å². The molecule has 0 fully saturated rings. The number of benzene rings is 1. The van der Waals surface area contributed by atoms with Gasteiger partial charge in [-0.3, -0.25) is 14.4 Å². The van der Waals surface area contributed by atoms with E-state index in [9.17, 15) is 14.4 Å². The Kier molecular flexibility index (Phi) is 12.3. The number of carbonyl (C=O) groups is 3. The highest BCUT2D eigenvalue weighted by Crippen LogP contribution is 2.20. The van der Waals surface area contributed by atoms with Gasteiger partial charge in [-0.15, -0.1) is 0 Å². The minimum absolute atomic E-state index is 0.0893. The number of allylic oxidation sites excluding steroid dienone is 4. The van der Waals surface area contributed by atoms with E-state index in [1.54, 1.807) is 24.3 Å². The molecule has 0 unspecified atom stereocenters. The monoisotopic (exact) mass is 437 g/mol. The van der Waals surface area contributed by atoms with Crippen LogP contribution in [0.3, 0.4) is 0 Å². The molecule has 1 aliphatic carbocycles. The van der Waals surface area contributed by atoms with Crippen LogP contribution < -0.4 is 5.32 Å². The van der Waals surface area contributed by atoms with E-state index in [1.807, 2.05) is 0 Å². The normalized spacial score (nSPS) is 13.3. The fraction of sp³-hybridized carbons (Fsp3) is 0.536. The number of amides is 1. The van der Waals surface area contributed by atoms with Crippen LogP contribution in [-0.4, -0.2) is 17.5 Å². The highest BCUT2D eigenvalue weighted by Gasteiger charge is 2.25. The van der Waals surface area contributed by atoms with Gasteiger partial charge in [0.2, 0.25) is 11.7 Å². The Morgan fingerprint density at radius 2 is 1.34 bits per heavy atom. The van der Waals surface area contributed by atoms with Crippen LogP contribution in [0.5, 0.6) is 0 Å². The van der Waals surface area contributed by atoms with Gasteiger partial charge in [-0.05, 0) is 32.1 Å². The lowest BCUT2D eigenvalue weighted by Gasteiger charge is -2.15. The van der Waals surface area contributed by atoms with Gasteiger partial charge in [0.15, 0.2) is 5.78 Å². The van der Waals surface area contributed by atoms with E-state index in [1.165, 1.54) is 63.9 Å². The molecule has 0 bridgehead atoms. The summed E-state index contributed by atoms with van der Waals surface area (Å²) in [5, 5.41) is 2.63. The van der Waals surface area contributed by atoms with Gasteiger partial charge in [0, 0.05) is 23.6 Å². The molecule has 0 radical (unpaired) electrons. The van der Waals surface area contributed by atoms with Crippen molar-refractivity contribution < 1.29 is 14.4 Å². The minimum Gasteiger partial charge on any atom is -0.323 e. The predicted octanol–water partition coefficient (Wildman–Crippen LogP) is 7.10. The number of Topliss-reactive ketones (excluding diaryl/α,β-unsaturated/α-hetero) is 1. The maximum Gasteiger partial charge on any atom is 0.224 e. The van der Waals surface area contributed by atoms with Crippen molar-refractivity contribution in [3.05, 3.63) is 59.3 Å². The van der Waals surface area contributed by atoms with Crippen molar-refractivity contribution in [1.29, 1.82) is 0 Å². The molecule has 1 N–H and O–H groups in total. The third-order valence-corrected chi connectivity index (χ3v) is 5.90. The lowest BCUT2D eigenvalue weighted by Crippen LogP contribution is -2.31. The minimum atomic E-state index is -0.293. The molecule has 1 aliphatic rings. The van der Waals surface area contributed by atoms with Gasteiger partial charge in [-0.1, -0.05) is 94.7 Å². The summed E-state index contributed by atoms with van der Waals surface area (Å²) < 4.78 is 0. The topological polar surface area (TPSA) is 63.2 Å². The molecule has 0 atom stereocenters. The Balaban J connectivity index is 1.49. The van der Waals surface area contributed by atoms with Crippen molar-refractivity contribution >= 4 is 17.5 Å². The number of fused-ring (bicyclic) bond motifs is 1. The fourth-order valence-electron chi connectivity index (χ4n) is 3.98. The molecule has 0 aliphatic heterocycles. The van der Waals surface area contributed by atoms with Crippen LogP contribution in [0, 0.1) is 0 Å². The summed E-state index contributed by atoms with van der Waals surface area (Å²) >= 11 is 0. The van der Waals surface area contributed by atoms with Gasteiger partial charge in [0.25, 0.3) is 0 Å². The molecule has 1 aromatic rings. The molecule has 4 heteroatoms. The molecule has 0 heterocycles. The number of ketones is 2. The van der Waals surface area contributed by atoms with Crippen molar-refractivity contribution in [2.45, 2.75) is 96.8 Å². The zero-order valence-electron chi connectivity index (χ0n) is 19.7. The van der Waals surface area contributed by atoms with Crippen molar-refractivity contribution in [2.75, 3.05) is 0 Å². The Labute approximate surface area is 193 Å². The van der Waals surface area contributed by atoms with Gasteiger partial charge in [0.1, 0.15) is 0 Å². The van der Waals surface area contributed by atoms with E-state index >= 15 is 0 Å². The van der Waals surface area contributed by atoms with E-state index in [0.717, 1.165) is 25.7 Å². The predicted molar refractivity (Wildman–Crippen MR) is 131 cm³/mol. The lowest BCUT2D eigenvalue weighted by atomic mass is 9.92. The standard InChI is InChI=1S/C28H39NO3/c1-2-3-4-5-6-7-8-9-10-11-12-13-14-15-16-21-27(31)29-25-22-26(30)23-19-17-18-20-24(23)28(25)32/h9-10,17-20,22H,2-8,11-16,21H2,1H3,(H,29,31)/b10-9-. The molecule has 0 spiro atoms. The van der Waals surface area contributed by atoms with Crippen LogP contribution in [0.15, 0.2) is 48.2 Å². The number of hydrogen-bond acceptors (Lipinski definition) is 3. The average Bonchev–Trinajstić information content (AvgIpc) is 2.80. The second kappa shape index (κ2) is 15.3.